The van der Waals surface area contributed by atoms with E-state index in [2.05, 4.69) is 5.32 Å². The van der Waals surface area contributed by atoms with Gasteiger partial charge in [-0.15, -0.1) is 0 Å². The van der Waals surface area contributed by atoms with Crippen LogP contribution in [0.25, 0.3) is 0 Å². The Morgan fingerprint density at radius 1 is 1.15 bits per heavy atom. The first-order valence-electron chi connectivity index (χ1n) is 10.3. The number of unbranched alkanes of at least 4 members (excludes halogenated alkanes) is 1. The Morgan fingerprint density at radius 3 is 2.33 bits per heavy atom. The van der Waals surface area contributed by atoms with Crippen molar-refractivity contribution in [3.05, 3.63) is 0 Å². The van der Waals surface area contributed by atoms with E-state index in [1.807, 2.05) is 6.92 Å². The van der Waals surface area contributed by atoms with Crippen LogP contribution in [0.4, 0.5) is 0 Å². The molecule has 156 valence electrons. The van der Waals surface area contributed by atoms with Crippen molar-refractivity contribution in [3.8, 4) is 0 Å². The molecule has 2 fully saturated rings. The quantitative estimate of drug-likeness (QED) is 0.596. The summed E-state index contributed by atoms with van der Waals surface area (Å²) in [6.07, 6.45) is 6.03. The molecule has 7 nitrogen and oxygen atoms in total. The maximum Gasteiger partial charge on any atom is 0.313 e. The van der Waals surface area contributed by atoms with Gasteiger partial charge in [-0.1, -0.05) is 26.2 Å². The van der Waals surface area contributed by atoms with Crippen molar-refractivity contribution < 1.29 is 22.7 Å². The lowest BCUT2D eigenvalue weighted by molar-refractivity contribution is -0.155. The highest BCUT2D eigenvalue weighted by molar-refractivity contribution is 7.89. The molecule has 1 amide bonds. The van der Waals surface area contributed by atoms with E-state index in [-0.39, 0.29) is 23.5 Å². The van der Waals surface area contributed by atoms with Crippen molar-refractivity contribution in [3.63, 3.8) is 0 Å². The third-order valence-corrected chi connectivity index (χ3v) is 7.80. The molecule has 0 aromatic heterocycles. The molecule has 0 atom stereocenters. The van der Waals surface area contributed by atoms with E-state index in [0.29, 0.717) is 45.5 Å². The topological polar surface area (TPSA) is 92.8 Å². The average molecular weight is 403 g/mol. The molecular weight excluding hydrogens is 368 g/mol. The van der Waals surface area contributed by atoms with Crippen LogP contribution in [-0.2, 0) is 24.3 Å². The Morgan fingerprint density at radius 2 is 1.78 bits per heavy atom. The Hall–Kier alpha value is -1.15. The minimum absolute atomic E-state index is 0.0730. The molecule has 1 aliphatic carbocycles. The van der Waals surface area contributed by atoms with Crippen LogP contribution in [0.3, 0.4) is 0 Å². The second-order valence-corrected chi connectivity index (χ2v) is 9.86. The molecule has 0 unspecified atom stereocenters. The molecule has 0 bridgehead atoms. The number of sulfonamides is 1. The van der Waals surface area contributed by atoms with Crippen molar-refractivity contribution in [1.29, 1.82) is 0 Å². The van der Waals surface area contributed by atoms with Gasteiger partial charge in [0.2, 0.25) is 15.9 Å². The van der Waals surface area contributed by atoms with Crippen molar-refractivity contribution in [2.24, 2.45) is 11.3 Å². The van der Waals surface area contributed by atoms with E-state index >= 15 is 0 Å². The fraction of sp³-hybridized carbons (Fsp3) is 0.895. The first-order valence-corrected chi connectivity index (χ1v) is 11.9. The van der Waals surface area contributed by atoms with Gasteiger partial charge >= 0.3 is 5.97 Å². The number of esters is 1. The number of piperidine rings is 1. The van der Waals surface area contributed by atoms with Gasteiger partial charge in [-0.05, 0) is 39.0 Å². The third-order valence-electron chi connectivity index (χ3n) is 5.84. The van der Waals surface area contributed by atoms with E-state index in [1.165, 1.54) is 4.31 Å². The van der Waals surface area contributed by atoms with Gasteiger partial charge in [-0.25, -0.2) is 12.7 Å². The summed E-state index contributed by atoms with van der Waals surface area (Å²) in [5.41, 5.74) is -0.587. The van der Waals surface area contributed by atoms with Crippen molar-refractivity contribution >= 4 is 21.9 Å². The van der Waals surface area contributed by atoms with Gasteiger partial charge in [0.05, 0.1) is 17.8 Å². The second kappa shape index (κ2) is 9.87. The second-order valence-electron chi connectivity index (χ2n) is 7.77. The lowest BCUT2D eigenvalue weighted by Crippen LogP contribution is -2.47. The number of ether oxygens (including phenoxy) is 1. The molecule has 1 aliphatic heterocycles. The first kappa shape index (κ1) is 22.1. The van der Waals surface area contributed by atoms with Crippen LogP contribution >= 0.6 is 0 Å². The molecule has 1 N–H and O–H groups in total. The lowest BCUT2D eigenvalue weighted by Gasteiger charge is -2.32. The largest absolute Gasteiger partial charge is 0.466 e. The van der Waals surface area contributed by atoms with Crippen LogP contribution in [0.1, 0.15) is 65.2 Å². The zero-order valence-electron chi connectivity index (χ0n) is 16.7. The molecule has 0 aromatic rings. The number of hydrogen-bond acceptors (Lipinski definition) is 5. The van der Waals surface area contributed by atoms with Gasteiger partial charge in [0.25, 0.3) is 0 Å². The summed E-state index contributed by atoms with van der Waals surface area (Å²) in [4.78, 5) is 24.9. The summed E-state index contributed by atoms with van der Waals surface area (Å²) in [5.74, 6) is -0.290. The van der Waals surface area contributed by atoms with Crippen LogP contribution in [0, 0.1) is 11.3 Å². The third kappa shape index (κ3) is 5.67. The monoisotopic (exact) mass is 402 g/mol. The van der Waals surface area contributed by atoms with Crippen LogP contribution in [-0.4, -0.2) is 56.6 Å². The average Bonchev–Trinajstić information content (AvgIpc) is 3.15. The number of amides is 1. The summed E-state index contributed by atoms with van der Waals surface area (Å²) in [6.45, 7) is 5.22. The fourth-order valence-electron chi connectivity index (χ4n) is 4.04. The smallest absolute Gasteiger partial charge is 0.313 e. The van der Waals surface area contributed by atoms with E-state index in [1.54, 1.807) is 6.92 Å². The van der Waals surface area contributed by atoms with Crippen LogP contribution in [0.2, 0.25) is 0 Å². The number of rotatable bonds is 9. The highest BCUT2D eigenvalue weighted by Crippen LogP contribution is 2.39. The lowest BCUT2D eigenvalue weighted by atomic mass is 9.85. The van der Waals surface area contributed by atoms with E-state index < -0.39 is 15.4 Å². The van der Waals surface area contributed by atoms with Gasteiger partial charge in [0.1, 0.15) is 0 Å². The van der Waals surface area contributed by atoms with Crippen LogP contribution in [0.5, 0.6) is 0 Å². The molecule has 0 aromatic carbocycles. The van der Waals surface area contributed by atoms with E-state index in [0.717, 1.165) is 32.1 Å². The normalized spacial score (nSPS) is 21.1. The number of carbonyl (C=O) groups excluding carboxylic acids is 2. The minimum Gasteiger partial charge on any atom is -0.466 e. The van der Waals surface area contributed by atoms with Crippen molar-refractivity contribution in [2.75, 3.05) is 32.0 Å². The number of hydrogen-bond donors (Lipinski definition) is 1. The Labute approximate surface area is 163 Å². The minimum atomic E-state index is -3.21. The Balaban J connectivity index is 1.84. The van der Waals surface area contributed by atoms with Crippen molar-refractivity contribution in [2.45, 2.75) is 65.2 Å². The SMILES string of the molecule is CCCCS(=O)(=O)N1CCC(C(=O)NCC2(C(=O)OCC)CCCC2)CC1. The van der Waals surface area contributed by atoms with Gasteiger partial charge in [0, 0.05) is 25.6 Å². The summed E-state index contributed by atoms with van der Waals surface area (Å²) in [7, 11) is -3.21. The molecule has 27 heavy (non-hydrogen) atoms. The molecule has 0 radical (unpaired) electrons. The summed E-state index contributed by atoms with van der Waals surface area (Å²) in [5, 5.41) is 2.95. The summed E-state index contributed by atoms with van der Waals surface area (Å²) in [6, 6.07) is 0. The zero-order chi connectivity index (χ0) is 19.9. The molecule has 1 saturated heterocycles. The molecule has 1 saturated carbocycles. The molecule has 0 spiro atoms. The molecular formula is C19H34N2O5S. The van der Waals surface area contributed by atoms with Gasteiger partial charge in [-0.2, -0.15) is 0 Å². The van der Waals surface area contributed by atoms with Gasteiger partial charge in [0.15, 0.2) is 0 Å². The van der Waals surface area contributed by atoms with Crippen LogP contribution < -0.4 is 5.32 Å². The summed E-state index contributed by atoms with van der Waals surface area (Å²) >= 11 is 0. The zero-order valence-corrected chi connectivity index (χ0v) is 17.5. The summed E-state index contributed by atoms with van der Waals surface area (Å²) < 4.78 is 31.3. The van der Waals surface area contributed by atoms with Crippen molar-refractivity contribution in [1.82, 2.24) is 9.62 Å². The number of carbonyl (C=O) groups is 2. The molecule has 1 heterocycles. The molecule has 8 heteroatoms. The molecule has 2 aliphatic rings. The Bertz CT molecular complexity index is 606. The molecule has 2 rings (SSSR count). The van der Waals surface area contributed by atoms with Gasteiger partial charge in [-0.3, -0.25) is 9.59 Å². The van der Waals surface area contributed by atoms with E-state index in [4.69, 9.17) is 4.74 Å². The predicted octanol–water partition coefficient (Wildman–Crippen LogP) is 2.07. The number of nitrogens with zero attached hydrogens (tertiary/aromatic N) is 1. The fourth-order valence-corrected chi connectivity index (χ4v) is 5.72. The maximum atomic E-state index is 12.6. The standard InChI is InChI=1S/C19H34N2O5S/c1-3-5-14-27(24,25)21-12-8-16(9-13-21)17(22)20-15-19(10-6-7-11-19)18(23)26-4-2/h16H,3-15H2,1-2H3,(H,20,22). The van der Waals surface area contributed by atoms with Crippen LogP contribution in [0.15, 0.2) is 0 Å². The number of nitrogens with one attached hydrogen (secondary N) is 1. The highest BCUT2D eigenvalue weighted by Gasteiger charge is 2.43. The van der Waals surface area contributed by atoms with Gasteiger partial charge < -0.3 is 10.1 Å². The Kier molecular flexibility index (Phi) is 8.09. The maximum absolute atomic E-state index is 12.6. The predicted molar refractivity (Wildman–Crippen MR) is 104 cm³/mol. The first-order chi connectivity index (χ1) is 12.8. The van der Waals surface area contributed by atoms with E-state index in [9.17, 15) is 18.0 Å². The highest BCUT2D eigenvalue weighted by atomic mass is 32.2.